The van der Waals surface area contributed by atoms with Gasteiger partial charge in [-0.05, 0) is 31.4 Å². The van der Waals surface area contributed by atoms with Crippen molar-refractivity contribution in [2.75, 3.05) is 6.54 Å². The Balaban J connectivity index is 1.75. The van der Waals surface area contributed by atoms with Crippen molar-refractivity contribution < 1.29 is 9.59 Å². The molecule has 0 aliphatic carbocycles. The molecule has 0 bridgehead atoms. The van der Waals surface area contributed by atoms with Gasteiger partial charge in [0, 0.05) is 24.9 Å². The highest BCUT2D eigenvalue weighted by Gasteiger charge is 2.40. The van der Waals surface area contributed by atoms with Crippen LogP contribution in [0.25, 0.3) is 0 Å². The van der Waals surface area contributed by atoms with Crippen LogP contribution in [0.15, 0.2) is 18.3 Å². The van der Waals surface area contributed by atoms with Crippen LogP contribution in [0.3, 0.4) is 0 Å². The summed E-state index contributed by atoms with van der Waals surface area (Å²) in [4.78, 5) is 30.1. The maximum absolute atomic E-state index is 12.6. The van der Waals surface area contributed by atoms with Gasteiger partial charge in [-0.1, -0.05) is 6.92 Å². The number of pyridine rings is 1. The lowest BCUT2D eigenvalue weighted by Crippen LogP contribution is -2.50. The molecule has 0 aromatic carbocycles. The van der Waals surface area contributed by atoms with E-state index in [0.717, 1.165) is 25.0 Å². The van der Waals surface area contributed by atoms with Crippen molar-refractivity contribution in [2.45, 2.75) is 44.7 Å². The molecule has 3 rings (SSSR count). The standard InChI is InChI=1S/C15H19N3O2/c1-2-11-4-3-10(9-16-11)15(20)18-8-7-12-13(18)5-6-14(19)17-12/h3-4,9,12-13H,2,5-8H2,1H3,(H,17,19)/t12-,13-/m0/s1. The van der Waals surface area contributed by atoms with Crippen LogP contribution in [-0.4, -0.2) is 40.3 Å². The van der Waals surface area contributed by atoms with E-state index >= 15 is 0 Å². The molecule has 106 valence electrons. The molecule has 2 saturated heterocycles. The summed E-state index contributed by atoms with van der Waals surface area (Å²) >= 11 is 0. The van der Waals surface area contributed by atoms with Gasteiger partial charge in [0.2, 0.25) is 5.91 Å². The molecule has 20 heavy (non-hydrogen) atoms. The number of aromatic nitrogens is 1. The Hall–Kier alpha value is -1.91. The number of fused-ring (bicyclic) bond motifs is 1. The molecule has 1 N–H and O–H groups in total. The molecule has 2 aliphatic heterocycles. The smallest absolute Gasteiger partial charge is 0.255 e. The van der Waals surface area contributed by atoms with E-state index in [2.05, 4.69) is 10.3 Å². The summed E-state index contributed by atoms with van der Waals surface area (Å²) in [6.07, 6.45) is 4.66. The number of hydrogen-bond acceptors (Lipinski definition) is 3. The first-order valence-corrected chi connectivity index (χ1v) is 7.24. The van der Waals surface area contributed by atoms with Crippen molar-refractivity contribution in [2.24, 2.45) is 0 Å². The molecule has 3 heterocycles. The third-order valence-electron chi connectivity index (χ3n) is 4.25. The number of nitrogens with one attached hydrogen (secondary N) is 1. The number of aryl methyl sites for hydroxylation is 1. The summed E-state index contributed by atoms with van der Waals surface area (Å²) < 4.78 is 0. The van der Waals surface area contributed by atoms with Crippen molar-refractivity contribution in [3.8, 4) is 0 Å². The second kappa shape index (κ2) is 5.23. The van der Waals surface area contributed by atoms with Gasteiger partial charge in [-0.3, -0.25) is 14.6 Å². The summed E-state index contributed by atoms with van der Waals surface area (Å²) in [7, 11) is 0. The Morgan fingerprint density at radius 2 is 2.30 bits per heavy atom. The van der Waals surface area contributed by atoms with Gasteiger partial charge in [-0.2, -0.15) is 0 Å². The van der Waals surface area contributed by atoms with Gasteiger partial charge >= 0.3 is 0 Å². The first-order chi connectivity index (χ1) is 9.69. The molecular weight excluding hydrogens is 254 g/mol. The maximum atomic E-state index is 12.6. The van der Waals surface area contributed by atoms with Crippen molar-refractivity contribution in [1.29, 1.82) is 0 Å². The number of nitrogens with zero attached hydrogens (tertiary/aromatic N) is 2. The van der Waals surface area contributed by atoms with Crippen LogP contribution in [-0.2, 0) is 11.2 Å². The van der Waals surface area contributed by atoms with Gasteiger partial charge in [0.25, 0.3) is 5.91 Å². The summed E-state index contributed by atoms with van der Waals surface area (Å²) in [5.74, 6) is 0.137. The Morgan fingerprint density at radius 1 is 1.45 bits per heavy atom. The molecule has 2 amide bonds. The van der Waals surface area contributed by atoms with Gasteiger partial charge < -0.3 is 10.2 Å². The van der Waals surface area contributed by atoms with Crippen molar-refractivity contribution >= 4 is 11.8 Å². The van der Waals surface area contributed by atoms with Crippen LogP contribution >= 0.6 is 0 Å². The predicted molar refractivity (Wildman–Crippen MR) is 74.2 cm³/mol. The Bertz CT molecular complexity index is 526. The minimum Gasteiger partial charge on any atom is -0.351 e. The monoisotopic (exact) mass is 273 g/mol. The summed E-state index contributed by atoms with van der Waals surface area (Å²) in [5.41, 5.74) is 1.63. The van der Waals surface area contributed by atoms with Crippen molar-refractivity contribution in [3.63, 3.8) is 0 Å². The summed E-state index contributed by atoms with van der Waals surface area (Å²) in [6.45, 7) is 2.75. The normalized spacial score (nSPS) is 25.2. The predicted octanol–water partition coefficient (Wildman–Crippen LogP) is 1.14. The minimum absolute atomic E-state index is 0.0313. The quantitative estimate of drug-likeness (QED) is 0.879. The van der Waals surface area contributed by atoms with Gasteiger partial charge in [0.1, 0.15) is 0 Å². The fourth-order valence-electron chi connectivity index (χ4n) is 3.12. The van der Waals surface area contributed by atoms with E-state index in [0.29, 0.717) is 18.5 Å². The van der Waals surface area contributed by atoms with Crippen LogP contribution in [0, 0.1) is 0 Å². The molecule has 5 nitrogen and oxygen atoms in total. The molecular formula is C15H19N3O2. The molecule has 0 saturated carbocycles. The number of piperidine rings is 1. The molecule has 1 aromatic heterocycles. The first-order valence-electron chi connectivity index (χ1n) is 7.24. The second-order valence-electron chi connectivity index (χ2n) is 5.46. The van der Waals surface area contributed by atoms with Crippen LogP contribution < -0.4 is 5.32 Å². The van der Waals surface area contributed by atoms with Crippen LogP contribution in [0.5, 0.6) is 0 Å². The Morgan fingerprint density at radius 3 is 3.00 bits per heavy atom. The van der Waals surface area contributed by atoms with Gasteiger partial charge in [-0.25, -0.2) is 0 Å². The van der Waals surface area contributed by atoms with E-state index in [1.54, 1.807) is 6.20 Å². The highest BCUT2D eigenvalue weighted by molar-refractivity contribution is 5.94. The zero-order valence-electron chi connectivity index (χ0n) is 11.6. The lowest BCUT2D eigenvalue weighted by Gasteiger charge is -2.32. The number of amides is 2. The maximum Gasteiger partial charge on any atom is 0.255 e. The zero-order valence-corrected chi connectivity index (χ0v) is 11.6. The SMILES string of the molecule is CCc1ccc(C(=O)N2CC[C@@H]3NC(=O)CC[C@@H]32)cn1. The highest BCUT2D eigenvalue weighted by atomic mass is 16.2. The topological polar surface area (TPSA) is 62.3 Å². The second-order valence-corrected chi connectivity index (χ2v) is 5.46. The van der Waals surface area contributed by atoms with Crippen LogP contribution in [0.1, 0.15) is 42.2 Å². The van der Waals surface area contributed by atoms with Crippen molar-refractivity contribution in [3.05, 3.63) is 29.6 Å². The first kappa shape index (κ1) is 13.1. The number of hydrogen-bond donors (Lipinski definition) is 1. The van der Waals surface area contributed by atoms with Crippen LogP contribution in [0.2, 0.25) is 0 Å². The number of carbonyl (C=O) groups is 2. The number of likely N-dealkylation sites (tertiary alicyclic amines) is 1. The third-order valence-corrected chi connectivity index (χ3v) is 4.25. The average molecular weight is 273 g/mol. The zero-order chi connectivity index (χ0) is 14.1. The Kier molecular flexibility index (Phi) is 3.42. The molecule has 0 unspecified atom stereocenters. The molecule has 0 radical (unpaired) electrons. The molecule has 1 aromatic rings. The number of carbonyl (C=O) groups excluding carboxylic acids is 2. The van der Waals surface area contributed by atoms with E-state index < -0.39 is 0 Å². The fourth-order valence-corrected chi connectivity index (χ4v) is 3.12. The minimum atomic E-state index is 0.0313. The van der Waals surface area contributed by atoms with Crippen molar-refractivity contribution in [1.82, 2.24) is 15.2 Å². The van der Waals surface area contributed by atoms with E-state index in [4.69, 9.17) is 0 Å². The molecule has 0 spiro atoms. The molecule has 2 fully saturated rings. The van der Waals surface area contributed by atoms with E-state index in [9.17, 15) is 9.59 Å². The Labute approximate surface area is 118 Å². The van der Waals surface area contributed by atoms with E-state index in [1.807, 2.05) is 24.0 Å². The summed E-state index contributed by atoms with van der Waals surface area (Å²) in [5, 5.41) is 2.98. The lowest BCUT2D eigenvalue weighted by atomic mass is 9.98. The number of rotatable bonds is 2. The van der Waals surface area contributed by atoms with Crippen LogP contribution in [0.4, 0.5) is 0 Å². The highest BCUT2D eigenvalue weighted by Crippen LogP contribution is 2.27. The average Bonchev–Trinajstić information content (AvgIpc) is 2.89. The van der Waals surface area contributed by atoms with E-state index in [1.165, 1.54) is 0 Å². The lowest BCUT2D eigenvalue weighted by molar-refractivity contribution is -0.123. The van der Waals surface area contributed by atoms with Gasteiger partial charge in [0.15, 0.2) is 0 Å². The fraction of sp³-hybridized carbons (Fsp3) is 0.533. The van der Waals surface area contributed by atoms with Gasteiger partial charge in [0.05, 0.1) is 17.6 Å². The molecule has 5 heteroatoms. The molecule has 2 aliphatic rings. The van der Waals surface area contributed by atoms with Gasteiger partial charge in [-0.15, -0.1) is 0 Å². The third kappa shape index (κ3) is 2.28. The summed E-state index contributed by atoms with van der Waals surface area (Å²) in [6, 6.07) is 4.03. The molecule has 2 atom stereocenters. The largest absolute Gasteiger partial charge is 0.351 e. The van der Waals surface area contributed by atoms with E-state index in [-0.39, 0.29) is 23.9 Å².